The first-order valence-corrected chi connectivity index (χ1v) is 5.13. The van der Waals surface area contributed by atoms with E-state index in [0.29, 0.717) is 5.56 Å². The first kappa shape index (κ1) is 15.0. The summed E-state index contributed by atoms with van der Waals surface area (Å²) < 4.78 is 39.9. The zero-order valence-corrected chi connectivity index (χ0v) is 9.61. The molecule has 5 nitrogen and oxygen atoms in total. The van der Waals surface area contributed by atoms with E-state index in [4.69, 9.17) is 11.5 Å². The summed E-state index contributed by atoms with van der Waals surface area (Å²) in [7, 11) is 0. The maximum absolute atomic E-state index is 11.9. The number of halogens is 3. The normalized spacial score (nSPS) is 12.8. The van der Waals surface area contributed by atoms with Gasteiger partial charge < -0.3 is 16.2 Å². The third-order valence-corrected chi connectivity index (χ3v) is 2.19. The van der Waals surface area contributed by atoms with Gasteiger partial charge in [0.2, 0.25) is 5.91 Å². The third-order valence-electron chi connectivity index (χ3n) is 2.19. The fraction of sp³-hybridized carbons (Fsp3) is 0.273. The van der Waals surface area contributed by atoms with E-state index in [9.17, 15) is 22.8 Å². The van der Waals surface area contributed by atoms with Crippen LogP contribution in [0.15, 0.2) is 24.3 Å². The molecule has 0 aliphatic carbocycles. The minimum Gasteiger partial charge on any atom is -0.420 e. The number of benzene rings is 1. The number of primary amides is 1. The lowest BCUT2D eigenvalue weighted by molar-refractivity contribution is -0.189. The first-order valence-electron chi connectivity index (χ1n) is 5.13. The van der Waals surface area contributed by atoms with Gasteiger partial charge in [0.25, 0.3) is 0 Å². The Labute approximate surface area is 106 Å². The Morgan fingerprint density at radius 3 is 2.16 bits per heavy atom. The molecular weight excluding hydrogens is 265 g/mol. The fourth-order valence-electron chi connectivity index (χ4n) is 1.21. The van der Waals surface area contributed by atoms with Crippen LogP contribution in [0.4, 0.5) is 13.2 Å². The molecule has 1 amide bonds. The Morgan fingerprint density at radius 2 is 1.74 bits per heavy atom. The number of nitrogens with two attached hydrogens (primary N) is 2. The molecule has 4 N–H and O–H groups in total. The number of carbonyl (C=O) groups excluding carboxylic acids is 2. The van der Waals surface area contributed by atoms with E-state index < -0.39 is 24.1 Å². The molecule has 19 heavy (non-hydrogen) atoms. The van der Waals surface area contributed by atoms with E-state index in [1.54, 1.807) is 0 Å². The van der Waals surface area contributed by atoms with Crippen LogP contribution in [0.2, 0.25) is 0 Å². The van der Waals surface area contributed by atoms with Gasteiger partial charge in [0, 0.05) is 0 Å². The lowest BCUT2D eigenvalue weighted by Gasteiger charge is -2.09. The molecule has 0 heterocycles. The van der Waals surface area contributed by atoms with Crippen LogP contribution in [0.25, 0.3) is 0 Å². The van der Waals surface area contributed by atoms with Gasteiger partial charge in [-0.15, -0.1) is 0 Å². The number of hydrogen-bond donors (Lipinski definition) is 2. The molecule has 0 aliphatic rings. The van der Waals surface area contributed by atoms with Crippen molar-refractivity contribution in [2.75, 3.05) is 0 Å². The second-order valence-electron chi connectivity index (χ2n) is 3.74. The summed E-state index contributed by atoms with van der Waals surface area (Å²) in [5.41, 5.74) is 11.0. The number of amides is 1. The highest BCUT2D eigenvalue weighted by Crippen LogP contribution is 2.20. The first-order chi connectivity index (χ1) is 8.70. The van der Waals surface area contributed by atoms with Crippen molar-refractivity contribution in [2.24, 2.45) is 11.5 Å². The lowest BCUT2D eigenvalue weighted by atomic mass is 10.1. The van der Waals surface area contributed by atoms with Gasteiger partial charge in [0.05, 0.1) is 6.04 Å². The lowest BCUT2D eigenvalue weighted by Crippen LogP contribution is -2.38. The molecule has 1 rings (SSSR count). The van der Waals surface area contributed by atoms with Gasteiger partial charge in [0.1, 0.15) is 5.75 Å². The van der Waals surface area contributed by atoms with Crippen molar-refractivity contribution in [3.8, 4) is 5.75 Å². The van der Waals surface area contributed by atoms with E-state index in [-0.39, 0.29) is 12.2 Å². The van der Waals surface area contributed by atoms with Crippen LogP contribution in [0.1, 0.15) is 5.56 Å². The molecule has 0 aromatic heterocycles. The number of ether oxygens (including phenoxy) is 1. The van der Waals surface area contributed by atoms with Gasteiger partial charge in [-0.05, 0) is 24.1 Å². The molecule has 0 saturated carbocycles. The number of alkyl halides is 3. The molecule has 0 fully saturated rings. The topological polar surface area (TPSA) is 95.4 Å². The minimum atomic E-state index is -5.05. The maximum Gasteiger partial charge on any atom is 0.491 e. The van der Waals surface area contributed by atoms with Crippen LogP contribution in [-0.2, 0) is 16.0 Å². The molecule has 0 radical (unpaired) electrons. The SMILES string of the molecule is NC(=O)[C@@H](N)Cc1ccc(OC(=O)C(F)(F)F)cc1. The van der Waals surface area contributed by atoms with Crippen molar-refractivity contribution in [2.45, 2.75) is 18.6 Å². The Morgan fingerprint density at radius 1 is 1.21 bits per heavy atom. The predicted molar refractivity (Wildman–Crippen MR) is 59.0 cm³/mol. The molecule has 0 unspecified atom stereocenters. The average molecular weight is 276 g/mol. The van der Waals surface area contributed by atoms with Crippen LogP contribution in [0.3, 0.4) is 0 Å². The minimum absolute atomic E-state index is 0.142. The quantitative estimate of drug-likeness (QED) is 0.618. The van der Waals surface area contributed by atoms with Crippen LogP contribution in [-0.4, -0.2) is 24.1 Å². The molecule has 1 aromatic carbocycles. The van der Waals surface area contributed by atoms with Gasteiger partial charge >= 0.3 is 12.1 Å². The zero-order valence-electron chi connectivity index (χ0n) is 9.61. The predicted octanol–water partition coefficient (Wildman–Crippen LogP) is 0.509. The standard InChI is InChI=1S/C11H11F3N2O3/c12-11(13,14)10(18)19-7-3-1-6(2-4-7)5-8(15)9(16)17/h1-4,8H,5,15H2,(H2,16,17)/t8-/m0/s1. The third kappa shape index (κ3) is 4.59. The van der Waals surface area contributed by atoms with E-state index in [2.05, 4.69) is 4.74 Å². The van der Waals surface area contributed by atoms with Crippen molar-refractivity contribution in [1.29, 1.82) is 0 Å². The summed E-state index contributed by atoms with van der Waals surface area (Å²) in [5, 5.41) is 0. The van der Waals surface area contributed by atoms with Crippen LogP contribution >= 0.6 is 0 Å². The van der Waals surface area contributed by atoms with Gasteiger partial charge in [-0.2, -0.15) is 13.2 Å². The molecule has 0 spiro atoms. The van der Waals surface area contributed by atoms with Crippen molar-refractivity contribution in [3.63, 3.8) is 0 Å². The summed E-state index contributed by atoms with van der Waals surface area (Å²) in [6.07, 6.45) is -4.91. The van der Waals surface area contributed by atoms with Gasteiger partial charge in [-0.3, -0.25) is 4.79 Å². The van der Waals surface area contributed by atoms with Crippen LogP contribution in [0, 0.1) is 0 Å². The highest BCUT2D eigenvalue weighted by molar-refractivity contribution is 5.80. The monoisotopic (exact) mass is 276 g/mol. The van der Waals surface area contributed by atoms with Crippen molar-refractivity contribution >= 4 is 11.9 Å². The smallest absolute Gasteiger partial charge is 0.420 e. The Kier molecular flexibility index (Phi) is 4.49. The molecule has 104 valence electrons. The van der Waals surface area contributed by atoms with E-state index in [1.165, 1.54) is 24.3 Å². The van der Waals surface area contributed by atoms with Gasteiger partial charge in [-0.1, -0.05) is 12.1 Å². The summed E-state index contributed by atoms with van der Waals surface area (Å²) in [6.45, 7) is 0. The number of rotatable bonds is 4. The largest absolute Gasteiger partial charge is 0.491 e. The molecule has 1 atom stereocenters. The fourth-order valence-corrected chi connectivity index (χ4v) is 1.21. The number of carbonyl (C=O) groups is 2. The van der Waals surface area contributed by atoms with Gasteiger partial charge in [0.15, 0.2) is 0 Å². The summed E-state index contributed by atoms with van der Waals surface area (Å²) in [5.74, 6) is -3.24. The number of esters is 1. The van der Waals surface area contributed by atoms with E-state index >= 15 is 0 Å². The van der Waals surface area contributed by atoms with E-state index in [0.717, 1.165) is 0 Å². The second kappa shape index (κ2) is 5.70. The van der Waals surface area contributed by atoms with Crippen molar-refractivity contribution in [1.82, 2.24) is 0 Å². The highest BCUT2D eigenvalue weighted by Gasteiger charge is 2.41. The van der Waals surface area contributed by atoms with Crippen molar-refractivity contribution < 1.29 is 27.5 Å². The molecule has 8 heteroatoms. The van der Waals surface area contributed by atoms with Gasteiger partial charge in [-0.25, -0.2) is 4.79 Å². The van der Waals surface area contributed by atoms with Crippen LogP contribution < -0.4 is 16.2 Å². The Hall–Kier alpha value is -2.09. The summed E-state index contributed by atoms with van der Waals surface area (Å²) in [6, 6.07) is 4.24. The molecular formula is C11H11F3N2O3. The molecule has 1 aromatic rings. The Bertz CT molecular complexity index is 471. The molecule has 0 aliphatic heterocycles. The number of hydrogen-bond acceptors (Lipinski definition) is 4. The van der Waals surface area contributed by atoms with Crippen molar-refractivity contribution in [3.05, 3.63) is 29.8 Å². The summed E-state index contributed by atoms with van der Waals surface area (Å²) in [4.78, 5) is 21.3. The zero-order chi connectivity index (χ0) is 14.6. The van der Waals surface area contributed by atoms with Crippen LogP contribution in [0.5, 0.6) is 5.75 Å². The maximum atomic E-state index is 11.9. The second-order valence-corrected chi connectivity index (χ2v) is 3.74. The molecule has 0 saturated heterocycles. The average Bonchev–Trinajstić information content (AvgIpc) is 2.30. The molecule has 0 bridgehead atoms. The summed E-state index contributed by atoms with van der Waals surface area (Å²) >= 11 is 0. The Balaban J connectivity index is 2.67. The highest BCUT2D eigenvalue weighted by atomic mass is 19.4. The van der Waals surface area contributed by atoms with E-state index in [1.807, 2.05) is 0 Å².